The predicted octanol–water partition coefficient (Wildman–Crippen LogP) is 6.79. The Labute approximate surface area is 199 Å². The molecule has 0 saturated heterocycles. The van der Waals surface area contributed by atoms with Gasteiger partial charge >= 0.3 is 0 Å². The fourth-order valence-corrected chi connectivity index (χ4v) is 7.33. The van der Waals surface area contributed by atoms with E-state index in [0.29, 0.717) is 12.0 Å². The lowest BCUT2D eigenvalue weighted by Crippen LogP contribution is -2.52. The molecular formula is C30H39N3. The van der Waals surface area contributed by atoms with E-state index in [-0.39, 0.29) is 5.41 Å². The molecule has 4 aliphatic carbocycles. The summed E-state index contributed by atoms with van der Waals surface area (Å²) in [6.45, 7) is 7.14. The van der Waals surface area contributed by atoms with E-state index in [1.165, 1.54) is 73.9 Å². The molecule has 0 unspecified atom stereocenters. The molecule has 0 spiro atoms. The normalized spacial score (nSPS) is 31.8. The summed E-state index contributed by atoms with van der Waals surface area (Å²) < 4.78 is 2.15. The molecule has 0 radical (unpaired) electrons. The van der Waals surface area contributed by atoms with E-state index in [0.717, 1.165) is 18.4 Å². The third-order valence-electron chi connectivity index (χ3n) is 9.28. The van der Waals surface area contributed by atoms with Crippen molar-refractivity contribution in [2.24, 2.45) is 17.3 Å². The number of benzene rings is 1. The van der Waals surface area contributed by atoms with Crippen molar-refractivity contribution in [1.82, 2.24) is 15.1 Å². The largest absolute Gasteiger partial charge is 0.310 e. The average Bonchev–Trinajstić information content (AvgIpc) is 3.22. The first kappa shape index (κ1) is 21.4. The molecule has 1 heterocycles. The van der Waals surface area contributed by atoms with Crippen LogP contribution < -0.4 is 5.32 Å². The molecule has 4 aliphatic rings. The molecule has 4 atom stereocenters. The molecular weight excluding hydrogens is 402 g/mol. The van der Waals surface area contributed by atoms with Crippen molar-refractivity contribution in [3.8, 4) is 5.69 Å². The Hall–Kier alpha value is -2.13. The lowest BCUT2D eigenvalue weighted by Gasteiger charge is -2.51. The van der Waals surface area contributed by atoms with Crippen molar-refractivity contribution in [1.29, 1.82) is 0 Å². The lowest BCUT2D eigenvalue weighted by molar-refractivity contribution is 0.185. The van der Waals surface area contributed by atoms with Gasteiger partial charge in [-0.05, 0) is 81.1 Å². The highest BCUT2D eigenvalue weighted by atomic mass is 15.3. The number of aryl methyl sites for hydroxylation is 1. The highest BCUT2D eigenvalue weighted by molar-refractivity contribution is 5.63. The molecule has 3 heteroatoms. The van der Waals surface area contributed by atoms with Crippen molar-refractivity contribution < 1.29 is 0 Å². The maximum absolute atomic E-state index is 4.84. The number of hydrogen-bond acceptors (Lipinski definition) is 2. The van der Waals surface area contributed by atoms with Crippen molar-refractivity contribution in [2.45, 2.75) is 90.6 Å². The Bertz CT molecular complexity index is 1080. The molecule has 0 aliphatic heterocycles. The predicted molar refractivity (Wildman–Crippen MR) is 136 cm³/mol. The van der Waals surface area contributed by atoms with Crippen LogP contribution in [0.3, 0.4) is 0 Å². The zero-order chi connectivity index (χ0) is 22.6. The van der Waals surface area contributed by atoms with E-state index in [4.69, 9.17) is 5.10 Å². The summed E-state index contributed by atoms with van der Waals surface area (Å²) in [5, 5.41) is 9.03. The zero-order valence-electron chi connectivity index (χ0n) is 20.6. The number of aromatic nitrogens is 2. The minimum Gasteiger partial charge on any atom is -0.310 e. The van der Waals surface area contributed by atoms with Gasteiger partial charge in [0.1, 0.15) is 0 Å². The van der Waals surface area contributed by atoms with Crippen molar-refractivity contribution in [2.75, 3.05) is 0 Å². The number of nitrogens with one attached hydrogen (secondary N) is 1. The Morgan fingerprint density at radius 1 is 1.06 bits per heavy atom. The zero-order valence-corrected chi connectivity index (χ0v) is 20.6. The molecule has 1 aromatic heterocycles. The highest BCUT2D eigenvalue weighted by Gasteiger charge is 2.48. The standard InChI is InChI=1S/C30H39N3/c1-20-9-13-25(14-10-20)33-28-17-23-12-15-26-27(30(23,3)18-22(28)19-31-33)16-11-21(2)29(26)32-24-7-5-4-6-8-24/h9-10,13-14,16-17,19,21,24,26,29,32H,4-8,11-12,15,18H2,1-3H3/t21-,26+,29+,30+/m1/s1. The maximum atomic E-state index is 4.84. The van der Waals surface area contributed by atoms with Gasteiger partial charge in [0, 0.05) is 17.5 Å². The highest BCUT2D eigenvalue weighted by Crippen LogP contribution is 2.55. The van der Waals surface area contributed by atoms with E-state index < -0.39 is 0 Å². The van der Waals surface area contributed by atoms with Crippen molar-refractivity contribution >= 4 is 6.08 Å². The molecule has 2 fully saturated rings. The number of nitrogens with zero attached hydrogens (tertiary/aromatic N) is 2. The Morgan fingerprint density at radius 3 is 2.64 bits per heavy atom. The summed E-state index contributed by atoms with van der Waals surface area (Å²) in [7, 11) is 0. The van der Waals surface area contributed by atoms with Gasteiger partial charge < -0.3 is 5.32 Å². The molecule has 1 N–H and O–H groups in total. The minimum atomic E-state index is 0.156. The van der Waals surface area contributed by atoms with Crippen molar-refractivity contribution in [3.05, 3.63) is 64.5 Å². The van der Waals surface area contributed by atoms with Crippen LogP contribution in [0.1, 0.15) is 82.0 Å². The Kier molecular flexibility index (Phi) is 5.36. The molecule has 2 aromatic rings. The fraction of sp³-hybridized carbons (Fsp3) is 0.567. The van der Waals surface area contributed by atoms with Gasteiger partial charge in [0.25, 0.3) is 0 Å². The molecule has 33 heavy (non-hydrogen) atoms. The quantitative estimate of drug-likeness (QED) is 0.531. The Balaban J connectivity index is 1.31. The molecule has 2 saturated carbocycles. The van der Waals surface area contributed by atoms with E-state index in [1.807, 2.05) is 0 Å². The first-order valence-corrected chi connectivity index (χ1v) is 13.3. The second kappa shape index (κ2) is 8.27. The van der Waals surface area contributed by atoms with Gasteiger partial charge in [-0.15, -0.1) is 0 Å². The number of allylic oxidation sites excluding steroid dienone is 2. The average molecular weight is 442 g/mol. The SMILES string of the molecule is Cc1ccc(-n2ncc3c2C=C2CC[C@H]4C(=CC[C@@H](C)[C@@H]4NC4CCCCC4)[C@@]2(C)C3)cc1. The van der Waals surface area contributed by atoms with Crippen LogP contribution in [0.25, 0.3) is 11.8 Å². The van der Waals surface area contributed by atoms with E-state index in [2.05, 4.69) is 73.4 Å². The third kappa shape index (κ3) is 3.64. The van der Waals surface area contributed by atoms with Gasteiger partial charge in [-0.3, -0.25) is 0 Å². The van der Waals surface area contributed by atoms with E-state index in [9.17, 15) is 0 Å². The van der Waals surface area contributed by atoms with E-state index >= 15 is 0 Å². The van der Waals surface area contributed by atoms with Crippen LogP contribution in [0, 0.1) is 24.2 Å². The summed E-state index contributed by atoms with van der Waals surface area (Å²) in [6, 6.07) is 10.1. The van der Waals surface area contributed by atoms with Gasteiger partial charge in [-0.1, -0.05) is 68.0 Å². The van der Waals surface area contributed by atoms with Crippen LogP contribution in [0.4, 0.5) is 0 Å². The summed E-state index contributed by atoms with van der Waals surface area (Å²) in [5.41, 5.74) is 8.66. The molecule has 174 valence electrons. The van der Waals surface area contributed by atoms with Crippen molar-refractivity contribution in [3.63, 3.8) is 0 Å². The molecule has 3 nitrogen and oxygen atoms in total. The van der Waals surface area contributed by atoms with E-state index in [1.54, 1.807) is 11.1 Å². The number of hydrogen-bond donors (Lipinski definition) is 1. The molecule has 1 aromatic carbocycles. The van der Waals surface area contributed by atoms with Crippen LogP contribution >= 0.6 is 0 Å². The minimum absolute atomic E-state index is 0.156. The van der Waals surface area contributed by atoms with Crippen LogP contribution in [-0.2, 0) is 6.42 Å². The second-order valence-corrected chi connectivity index (χ2v) is 11.5. The number of fused-ring (bicyclic) bond motifs is 4. The molecule has 0 amide bonds. The molecule has 0 bridgehead atoms. The van der Waals surface area contributed by atoms with Gasteiger partial charge in [-0.2, -0.15) is 5.10 Å². The second-order valence-electron chi connectivity index (χ2n) is 11.5. The van der Waals surface area contributed by atoms with Gasteiger partial charge in [0.2, 0.25) is 0 Å². The first-order chi connectivity index (χ1) is 16.0. The summed E-state index contributed by atoms with van der Waals surface area (Å²) in [6.07, 6.45) is 19.1. The summed E-state index contributed by atoms with van der Waals surface area (Å²) in [4.78, 5) is 0. The fourth-order valence-electron chi connectivity index (χ4n) is 7.33. The third-order valence-corrected chi connectivity index (χ3v) is 9.28. The lowest BCUT2D eigenvalue weighted by atomic mass is 9.55. The molecule has 6 rings (SSSR count). The Morgan fingerprint density at radius 2 is 1.85 bits per heavy atom. The first-order valence-electron chi connectivity index (χ1n) is 13.3. The van der Waals surface area contributed by atoms with Crippen LogP contribution in [-0.4, -0.2) is 21.9 Å². The van der Waals surface area contributed by atoms with Gasteiger partial charge in [0.05, 0.1) is 17.6 Å². The topological polar surface area (TPSA) is 29.9 Å². The van der Waals surface area contributed by atoms with Crippen LogP contribution in [0.2, 0.25) is 0 Å². The summed E-state index contributed by atoms with van der Waals surface area (Å²) in [5.74, 6) is 1.42. The van der Waals surface area contributed by atoms with Gasteiger partial charge in [0.15, 0.2) is 0 Å². The monoisotopic (exact) mass is 441 g/mol. The van der Waals surface area contributed by atoms with Crippen LogP contribution in [0.15, 0.2) is 47.7 Å². The smallest absolute Gasteiger partial charge is 0.0700 e. The number of rotatable bonds is 3. The summed E-state index contributed by atoms with van der Waals surface area (Å²) >= 11 is 0. The maximum Gasteiger partial charge on any atom is 0.0700 e. The van der Waals surface area contributed by atoms with Crippen LogP contribution in [0.5, 0.6) is 0 Å². The van der Waals surface area contributed by atoms with Gasteiger partial charge in [-0.25, -0.2) is 4.68 Å².